The number of rotatable bonds is 8. The van der Waals surface area contributed by atoms with E-state index in [1.165, 1.54) is 11.3 Å². The summed E-state index contributed by atoms with van der Waals surface area (Å²) in [5.41, 5.74) is 3.61. The van der Waals surface area contributed by atoms with Crippen molar-refractivity contribution in [1.29, 1.82) is 5.26 Å². The molecule has 0 amide bonds. The van der Waals surface area contributed by atoms with Gasteiger partial charge in [-0.3, -0.25) is 9.36 Å². The highest BCUT2D eigenvalue weighted by molar-refractivity contribution is 9.10. The van der Waals surface area contributed by atoms with Gasteiger partial charge < -0.3 is 9.47 Å². The normalized spacial score (nSPS) is 14.6. The number of fused-ring (bicyclic) bond motifs is 1. The Morgan fingerprint density at radius 1 is 1.19 bits per heavy atom. The Bertz CT molecular complexity index is 1920. The van der Waals surface area contributed by atoms with Crippen LogP contribution in [0.15, 0.2) is 97.2 Å². The number of esters is 1. The summed E-state index contributed by atoms with van der Waals surface area (Å²) in [7, 11) is 0. The third kappa shape index (κ3) is 6.00. The summed E-state index contributed by atoms with van der Waals surface area (Å²) in [6, 6.07) is 22.2. The first-order chi connectivity index (χ1) is 20.3. The number of thiazole rings is 1. The fourth-order valence-corrected chi connectivity index (χ4v) is 6.64. The Kier molecular flexibility index (Phi) is 9.12. The molecular formula is C32H26BrN3O4S2. The number of carbonyl (C=O) groups is 1. The van der Waals surface area contributed by atoms with Crippen molar-refractivity contribution in [3.05, 3.63) is 124 Å². The Morgan fingerprint density at radius 2 is 1.95 bits per heavy atom. The molecule has 2 heterocycles. The van der Waals surface area contributed by atoms with Crippen LogP contribution in [0.3, 0.4) is 0 Å². The predicted octanol–water partition coefficient (Wildman–Crippen LogP) is 5.73. The van der Waals surface area contributed by atoms with E-state index in [0.29, 0.717) is 36.4 Å². The van der Waals surface area contributed by atoms with Crippen molar-refractivity contribution in [1.82, 2.24) is 4.57 Å². The number of halogens is 1. The third-order valence-corrected chi connectivity index (χ3v) is 9.07. The van der Waals surface area contributed by atoms with E-state index in [1.807, 2.05) is 66.9 Å². The molecule has 0 unspecified atom stereocenters. The summed E-state index contributed by atoms with van der Waals surface area (Å²) < 4.78 is 14.1. The number of carbonyl (C=O) groups excluding carboxylic acids is 1. The lowest BCUT2D eigenvalue weighted by Crippen LogP contribution is -2.39. The maximum absolute atomic E-state index is 13.9. The number of aromatic nitrogens is 1. The van der Waals surface area contributed by atoms with E-state index in [9.17, 15) is 14.9 Å². The molecule has 0 saturated heterocycles. The molecule has 0 saturated carbocycles. The van der Waals surface area contributed by atoms with E-state index in [-0.39, 0.29) is 18.8 Å². The number of thioether (sulfide) groups is 1. The van der Waals surface area contributed by atoms with Crippen molar-refractivity contribution in [3.8, 4) is 11.8 Å². The first kappa shape index (κ1) is 29.6. The number of allylic oxidation sites excluding steroid dienone is 1. The maximum Gasteiger partial charge on any atom is 0.338 e. The highest BCUT2D eigenvalue weighted by Crippen LogP contribution is 2.32. The van der Waals surface area contributed by atoms with Crippen LogP contribution in [0.2, 0.25) is 0 Å². The second kappa shape index (κ2) is 12.9. The second-order valence-corrected chi connectivity index (χ2v) is 12.1. The summed E-state index contributed by atoms with van der Waals surface area (Å²) in [6.07, 6.45) is 3.80. The van der Waals surface area contributed by atoms with Gasteiger partial charge in [0.15, 0.2) is 4.80 Å². The van der Waals surface area contributed by atoms with E-state index >= 15 is 0 Å². The van der Waals surface area contributed by atoms with Crippen molar-refractivity contribution in [2.75, 3.05) is 12.9 Å². The molecule has 0 spiro atoms. The Labute approximate surface area is 259 Å². The van der Waals surface area contributed by atoms with Gasteiger partial charge in [0, 0.05) is 10.5 Å². The van der Waals surface area contributed by atoms with Crippen LogP contribution in [0.1, 0.15) is 42.1 Å². The molecule has 0 bridgehead atoms. The van der Waals surface area contributed by atoms with Crippen LogP contribution in [0.4, 0.5) is 0 Å². The quantitative estimate of drug-likeness (QED) is 0.177. The van der Waals surface area contributed by atoms with E-state index in [4.69, 9.17) is 9.47 Å². The van der Waals surface area contributed by atoms with Crippen LogP contribution >= 0.6 is 39.0 Å². The SMILES string of the molecule is CCOC(=O)C1=C(C)N=c2s/c(=C/c3ccc(OCc4ccccc4C#N)c(Br)c3)c(=O)n2[C@H]1c1ccc(SC)cc1. The van der Waals surface area contributed by atoms with E-state index in [2.05, 4.69) is 27.0 Å². The van der Waals surface area contributed by atoms with Crippen LogP contribution in [-0.2, 0) is 16.1 Å². The summed E-state index contributed by atoms with van der Waals surface area (Å²) in [5.74, 6) is 0.133. The summed E-state index contributed by atoms with van der Waals surface area (Å²) in [4.78, 5) is 33.2. The van der Waals surface area contributed by atoms with Gasteiger partial charge in [0.1, 0.15) is 12.4 Å². The molecule has 1 atom stereocenters. The van der Waals surface area contributed by atoms with Gasteiger partial charge in [0.25, 0.3) is 5.56 Å². The van der Waals surface area contributed by atoms with Gasteiger partial charge in [0.05, 0.1) is 44.6 Å². The molecule has 4 aromatic rings. The molecule has 0 aliphatic carbocycles. The van der Waals surface area contributed by atoms with E-state index < -0.39 is 12.0 Å². The molecule has 42 heavy (non-hydrogen) atoms. The minimum absolute atomic E-state index is 0.220. The number of hydrogen-bond acceptors (Lipinski definition) is 8. The van der Waals surface area contributed by atoms with Gasteiger partial charge >= 0.3 is 5.97 Å². The molecule has 0 radical (unpaired) electrons. The molecule has 0 N–H and O–H groups in total. The summed E-state index contributed by atoms with van der Waals surface area (Å²) >= 11 is 6.47. The maximum atomic E-state index is 13.9. The van der Waals surface area contributed by atoms with Gasteiger partial charge in [-0.15, -0.1) is 11.8 Å². The third-order valence-electron chi connectivity index (χ3n) is 6.72. The summed E-state index contributed by atoms with van der Waals surface area (Å²) in [6.45, 7) is 4.00. The van der Waals surface area contributed by atoms with Gasteiger partial charge in [-0.2, -0.15) is 5.26 Å². The van der Waals surface area contributed by atoms with Crippen LogP contribution in [0.5, 0.6) is 5.75 Å². The zero-order valence-corrected chi connectivity index (χ0v) is 26.3. The fraction of sp³-hybridized carbons (Fsp3) is 0.188. The number of ether oxygens (including phenoxy) is 2. The van der Waals surface area contributed by atoms with Crippen molar-refractivity contribution in [2.24, 2.45) is 4.99 Å². The van der Waals surface area contributed by atoms with E-state index in [1.54, 1.807) is 42.3 Å². The summed E-state index contributed by atoms with van der Waals surface area (Å²) in [5, 5.41) is 9.33. The first-order valence-corrected chi connectivity index (χ1v) is 15.9. The lowest BCUT2D eigenvalue weighted by atomic mass is 9.96. The molecule has 3 aromatic carbocycles. The fourth-order valence-electron chi connectivity index (χ4n) is 4.68. The lowest BCUT2D eigenvalue weighted by Gasteiger charge is -2.24. The Hall–Kier alpha value is -3.91. The minimum atomic E-state index is -0.655. The van der Waals surface area contributed by atoms with Gasteiger partial charge in [-0.1, -0.05) is 47.7 Å². The van der Waals surface area contributed by atoms with Crippen molar-refractivity contribution < 1.29 is 14.3 Å². The topological polar surface area (TPSA) is 93.7 Å². The Morgan fingerprint density at radius 3 is 2.64 bits per heavy atom. The lowest BCUT2D eigenvalue weighted by molar-refractivity contribution is -0.139. The van der Waals surface area contributed by atoms with Gasteiger partial charge in [-0.05, 0) is 83.6 Å². The first-order valence-electron chi connectivity index (χ1n) is 13.1. The van der Waals surface area contributed by atoms with Crippen molar-refractivity contribution >= 4 is 51.1 Å². The highest BCUT2D eigenvalue weighted by Gasteiger charge is 2.33. The molecule has 212 valence electrons. The molecule has 7 nitrogen and oxygen atoms in total. The Balaban J connectivity index is 1.52. The number of benzene rings is 3. The molecule has 1 aromatic heterocycles. The smallest absolute Gasteiger partial charge is 0.338 e. The average Bonchev–Trinajstić information content (AvgIpc) is 3.30. The van der Waals surface area contributed by atoms with E-state index in [0.717, 1.165) is 21.6 Å². The average molecular weight is 661 g/mol. The van der Waals surface area contributed by atoms with Gasteiger partial charge in [0.2, 0.25) is 0 Å². The van der Waals surface area contributed by atoms with Crippen molar-refractivity contribution in [3.63, 3.8) is 0 Å². The number of nitriles is 1. The molecule has 1 aliphatic rings. The highest BCUT2D eigenvalue weighted by atomic mass is 79.9. The molecular weight excluding hydrogens is 634 g/mol. The zero-order chi connectivity index (χ0) is 29.8. The second-order valence-electron chi connectivity index (χ2n) is 9.32. The monoisotopic (exact) mass is 659 g/mol. The molecule has 1 aliphatic heterocycles. The number of nitrogens with zero attached hydrogens (tertiary/aromatic N) is 3. The number of hydrogen-bond donors (Lipinski definition) is 0. The van der Waals surface area contributed by atoms with Crippen LogP contribution in [-0.4, -0.2) is 23.4 Å². The van der Waals surface area contributed by atoms with Crippen LogP contribution in [0, 0.1) is 11.3 Å². The largest absolute Gasteiger partial charge is 0.488 e. The van der Waals surface area contributed by atoms with Crippen LogP contribution in [0.25, 0.3) is 6.08 Å². The zero-order valence-electron chi connectivity index (χ0n) is 23.1. The predicted molar refractivity (Wildman–Crippen MR) is 168 cm³/mol. The molecule has 5 rings (SSSR count). The standard InChI is InChI=1S/C32H26BrN3O4S2/c1-4-39-31(38)28-19(2)35-32-36(29(28)21-10-12-24(41-3)13-11-21)30(37)27(42-32)16-20-9-14-26(25(33)15-20)40-18-23-8-6-5-7-22(23)17-34/h5-16,29H,4,18H2,1-3H3/b27-16+/t29-/m0/s1. The minimum Gasteiger partial charge on any atom is -0.488 e. The van der Waals surface area contributed by atoms with Crippen LogP contribution < -0.4 is 19.6 Å². The molecule has 0 fully saturated rings. The molecule has 10 heteroatoms. The van der Waals surface area contributed by atoms with Gasteiger partial charge in [-0.25, -0.2) is 9.79 Å². The van der Waals surface area contributed by atoms with Crippen molar-refractivity contribution in [2.45, 2.75) is 31.4 Å².